The van der Waals surface area contributed by atoms with Gasteiger partial charge in [-0.15, -0.1) is 40.0 Å². The second kappa shape index (κ2) is 10.7. The molecule has 0 radical (unpaired) electrons. The van der Waals surface area contributed by atoms with Crippen LogP contribution < -0.4 is 16.0 Å². The molecule has 0 saturated carbocycles. The molecule has 0 aliphatic carbocycles. The molecular formula is C20H23N7O5S3. The number of thioether (sulfide) groups is 2. The highest BCUT2D eigenvalue weighted by Gasteiger charge is 2.54. The Morgan fingerprint density at radius 2 is 2.14 bits per heavy atom. The summed E-state index contributed by atoms with van der Waals surface area (Å²) in [6.07, 6.45) is 1.53. The Morgan fingerprint density at radius 3 is 2.77 bits per heavy atom. The molecular weight excluding hydrogens is 514 g/mol. The first-order valence-electron chi connectivity index (χ1n) is 10.6. The number of aromatic nitrogens is 3. The van der Waals surface area contributed by atoms with Crippen LogP contribution >= 0.6 is 34.9 Å². The van der Waals surface area contributed by atoms with Crippen molar-refractivity contribution in [2.45, 2.75) is 42.4 Å². The van der Waals surface area contributed by atoms with E-state index in [2.05, 4.69) is 31.4 Å². The third-order valence-corrected chi connectivity index (χ3v) is 8.40. The van der Waals surface area contributed by atoms with E-state index < -0.39 is 41.3 Å². The average molecular weight is 538 g/mol. The first-order chi connectivity index (χ1) is 16.8. The molecule has 1 fully saturated rings. The van der Waals surface area contributed by atoms with Crippen LogP contribution in [0.15, 0.2) is 40.0 Å². The lowest BCUT2D eigenvalue weighted by Crippen LogP contribution is -2.71. The number of nitrogens with zero attached hydrogens (tertiary/aromatic N) is 3. The fourth-order valence-corrected chi connectivity index (χ4v) is 6.65. The number of urea groups is 1. The largest absolute Gasteiger partial charge is 0.477 e. The van der Waals surface area contributed by atoms with Gasteiger partial charge in [-0.2, -0.15) is 0 Å². The number of carbonyl (C=O) groups excluding carboxylic acids is 3. The monoisotopic (exact) mass is 537 g/mol. The van der Waals surface area contributed by atoms with Crippen LogP contribution in [0.2, 0.25) is 0 Å². The maximum absolute atomic E-state index is 13.1. The summed E-state index contributed by atoms with van der Waals surface area (Å²) in [6, 6.07) is 0.963. The van der Waals surface area contributed by atoms with Gasteiger partial charge in [0.25, 0.3) is 5.91 Å². The topological polar surface area (TPSA) is 169 Å². The maximum atomic E-state index is 13.1. The van der Waals surface area contributed by atoms with Crippen molar-refractivity contribution in [2.75, 3.05) is 11.5 Å². The lowest BCUT2D eigenvalue weighted by atomic mass is 10.0. The Morgan fingerprint density at radius 1 is 1.34 bits per heavy atom. The van der Waals surface area contributed by atoms with Gasteiger partial charge < -0.3 is 21.1 Å². The Bertz CT molecular complexity index is 1140. The lowest BCUT2D eigenvalue weighted by Gasteiger charge is -2.49. The molecule has 0 spiro atoms. The summed E-state index contributed by atoms with van der Waals surface area (Å²) in [6.45, 7) is 3.60. The predicted octanol–water partition coefficient (Wildman–Crippen LogP) is 1.15. The van der Waals surface area contributed by atoms with E-state index in [9.17, 15) is 24.3 Å². The molecule has 12 nitrogen and oxygen atoms in total. The third-order valence-electron chi connectivity index (χ3n) is 5.13. The molecule has 35 heavy (non-hydrogen) atoms. The van der Waals surface area contributed by atoms with Crippen LogP contribution in [0.25, 0.3) is 0 Å². The third kappa shape index (κ3) is 5.46. The van der Waals surface area contributed by atoms with Crippen molar-refractivity contribution in [2.24, 2.45) is 0 Å². The highest BCUT2D eigenvalue weighted by Crippen LogP contribution is 2.41. The van der Waals surface area contributed by atoms with E-state index in [0.717, 1.165) is 0 Å². The van der Waals surface area contributed by atoms with Crippen molar-refractivity contribution >= 4 is 58.7 Å². The first kappa shape index (κ1) is 25.1. The van der Waals surface area contributed by atoms with E-state index >= 15 is 0 Å². The molecule has 0 aromatic carbocycles. The smallest absolute Gasteiger partial charge is 0.352 e. The molecule has 2 unspecified atom stereocenters. The van der Waals surface area contributed by atoms with Crippen molar-refractivity contribution in [1.29, 1.82) is 0 Å². The van der Waals surface area contributed by atoms with E-state index in [-0.39, 0.29) is 11.7 Å². The number of fused-ring (bicyclic) bond motifs is 1. The molecule has 3 atom stereocenters. The number of carboxylic acid groups (broad SMARTS) is 1. The predicted molar refractivity (Wildman–Crippen MR) is 131 cm³/mol. The Labute approximate surface area is 212 Å². The quantitative estimate of drug-likeness (QED) is 0.233. The number of carbonyl (C=O) groups is 4. The van der Waals surface area contributed by atoms with Crippen LogP contribution in [-0.2, 0) is 14.4 Å². The van der Waals surface area contributed by atoms with Gasteiger partial charge in [0.2, 0.25) is 5.91 Å². The number of rotatable bonds is 9. The van der Waals surface area contributed by atoms with Gasteiger partial charge >= 0.3 is 12.0 Å². The van der Waals surface area contributed by atoms with E-state index in [1.807, 2.05) is 0 Å². The number of thiophene rings is 1. The summed E-state index contributed by atoms with van der Waals surface area (Å²) in [5.74, 6) is -1.51. The molecule has 186 valence electrons. The molecule has 0 bridgehead atoms. The number of hydrogen-bond donors (Lipinski definition) is 5. The van der Waals surface area contributed by atoms with Crippen LogP contribution in [0.4, 0.5) is 4.79 Å². The van der Waals surface area contributed by atoms with E-state index in [1.54, 1.807) is 31.4 Å². The Hall–Kier alpha value is -3.04. The SMILES string of the molecule is CC(C)NC(=O)NC(C(=O)N[C@H]1C(=O)N2C(C(=O)O)=C(CSc3cnn[nH]3)CSC12)c1cccs1. The summed E-state index contributed by atoms with van der Waals surface area (Å²) in [5, 5.41) is 29.8. The molecule has 2 aromatic rings. The van der Waals surface area contributed by atoms with Gasteiger partial charge in [0.1, 0.15) is 28.2 Å². The van der Waals surface area contributed by atoms with Gasteiger partial charge in [-0.1, -0.05) is 11.3 Å². The average Bonchev–Trinajstić information content (AvgIpc) is 3.52. The fraction of sp³-hybridized carbons (Fsp3) is 0.400. The lowest BCUT2D eigenvalue weighted by molar-refractivity contribution is -0.150. The molecule has 2 aliphatic heterocycles. The molecule has 4 amide bonds. The number of nitrogens with one attached hydrogen (secondary N) is 4. The van der Waals surface area contributed by atoms with Crippen LogP contribution in [-0.4, -0.2) is 78.2 Å². The van der Waals surface area contributed by atoms with Crippen LogP contribution in [0.5, 0.6) is 0 Å². The number of β-lactam (4-membered cyclic amide) rings is 1. The normalized spacial score (nSPS) is 20.2. The molecule has 5 N–H and O–H groups in total. The highest BCUT2D eigenvalue weighted by molar-refractivity contribution is 8.01. The van der Waals surface area contributed by atoms with Gasteiger partial charge in [-0.05, 0) is 30.9 Å². The minimum atomic E-state index is -1.20. The van der Waals surface area contributed by atoms with Gasteiger partial charge in [0, 0.05) is 22.4 Å². The standard InChI is InChI=1S/C20H23N7O5S3/c1-9(2)22-20(32)24-13(11-4-3-5-33-11)16(28)23-14-17(29)27-15(19(30)31)10(8-35-18(14)27)7-34-12-6-21-26-25-12/h3-6,9,13-14,18H,7-8H2,1-2H3,(H,23,28)(H,30,31)(H,21,25,26)(H2,22,24,32)/t13?,14-,18?/m0/s1. The summed E-state index contributed by atoms with van der Waals surface area (Å²) in [5.41, 5.74) is 0.536. The first-order valence-corrected chi connectivity index (χ1v) is 13.5. The molecule has 4 heterocycles. The second-order valence-electron chi connectivity index (χ2n) is 7.98. The van der Waals surface area contributed by atoms with E-state index in [1.165, 1.54) is 46.0 Å². The van der Waals surface area contributed by atoms with Gasteiger partial charge in [-0.25, -0.2) is 9.59 Å². The Balaban J connectivity index is 1.46. The van der Waals surface area contributed by atoms with Crippen LogP contribution in [0, 0.1) is 0 Å². The molecule has 15 heteroatoms. The van der Waals surface area contributed by atoms with Crippen LogP contribution in [0.1, 0.15) is 24.8 Å². The number of carboxylic acids is 1. The zero-order valence-electron chi connectivity index (χ0n) is 18.7. The summed E-state index contributed by atoms with van der Waals surface area (Å²) in [7, 11) is 0. The van der Waals surface area contributed by atoms with Crippen LogP contribution in [0.3, 0.4) is 0 Å². The van der Waals surface area contributed by atoms with Crippen molar-refractivity contribution in [3.8, 4) is 0 Å². The molecule has 1 saturated heterocycles. The molecule has 2 aliphatic rings. The highest BCUT2D eigenvalue weighted by atomic mass is 32.2. The van der Waals surface area contributed by atoms with Crippen molar-refractivity contribution in [3.05, 3.63) is 39.9 Å². The number of hydrogen-bond acceptors (Lipinski definition) is 9. The maximum Gasteiger partial charge on any atom is 0.352 e. The van der Waals surface area contributed by atoms with Gasteiger partial charge in [-0.3, -0.25) is 19.6 Å². The number of amides is 4. The zero-order chi connectivity index (χ0) is 25.1. The second-order valence-corrected chi connectivity index (χ2v) is 11.1. The van der Waals surface area contributed by atoms with Gasteiger partial charge in [0.05, 0.1) is 6.20 Å². The van der Waals surface area contributed by atoms with Crippen molar-refractivity contribution < 1.29 is 24.3 Å². The minimum Gasteiger partial charge on any atom is -0.477 e. The number of H-pyrrole nitrogens is 1. The number of aliphatic carboxylic acids is 1. The number of aromatic amines is 1. The summed E-state index contributed by atoms with van der Waals surface area (Å²) < 4.78 is 0. The van der Waals surface area contributed by atoms with E-state index in [4.69, 9.17) is 0 Å². The van der Waals surface area contributed by atoms with Gasteiger partial charge in [0.15, 0.2) is 0 Å². The minimum absolute atomic E-state index is 0.0616. The summed E-state index contributed by atoms with van der Waals surface area (Å²) >= 11 is 4.02. The van der Waals surface area contributed by atoms with E-state index in [0.29, 0.717) is 27.0 Å². The van der Waals surface area contributed by atoms with Crippen molar-refractivity contribution in [1.82, 2.24) is 36.3 Å². The summed E-state index contributed by atoms with van der Waals surface area (Å²) in [4.78, 5) is 52.2. The molecule has 4 rings (SSSR count). The molecule has 2 aromatic heterocycles. The zero-order valence-corrected chi connectivity index (χ0v) is 21.1. The van der Waals surface area contributed by atoms with Crippen molar-refractivity contribution in [3.63, 3.8) is 0 Å². The fourth-order valence-electron chi connectivity index (χ4n) is 3.61. The Kier molecular flexibility index (Phi) is 7.66.